The van der Waals surface area contributed by atoms with Gasteiger partial charge in [-0.3, -0.25) is 4.57 Å². The molecule has 0 fully saturated rings. The van der Waals surface area contributed by atoms with Gasteiger partial charge in [0.1, 0.15) is 5.69 Å². The average molecular weight is 570 g/mol. The molecule has 0 radical (unpaired) electrons. The topological polar surface area (TPSA) is 30.7 Å². The summed E-state index contributed by atoms with van der Waals surface area (Å²) < 4.78 is 2.37. The van der Waals surface area contributed by atoms with Gasteiger partial charge in [-0.15, -0.1) is 0 Å². The standard InChI is InChI=1S/C42H23N3/c1-2-9-28(10-3-1)40-42(43-32-22-20-24-8-4-5-12-29(24)41(32)44-40)45-33-15-7-14-31-30-13-6-11-25-16-17-26-18-19-27-21-23-34(45)39(38(31)33)37(27)36(26)35(25)30/h1-23H. The predicted molar refractivity (Wildman–Crippen MR) is 188 cm³/mol. The van der Waals surface area contributed by atoms with Gasteiger partial charge in [0.25, 0.3) is 0 Å². The van der Waals surface area contributed by atoms with Crippen LogP contribution in [0.2, 0.25) is 0 Å². The molecule has 0 spiro atoms. The van der Waals surface area contributed by atoms with Gasteiger partial charge in [0.2, 0.25) is 0 Å². The van der Waals surface area contributed by atoms with Crippen LogP contribution in [-0.2, 0) is 0 Å². The largest absolute Gasteiger partial charge is 0.292 e. The molecule has 1 aliphatic carbocycles. The first-order valence-electron chi connectivity index (χ1n) is 15.4. The minimum absolute atomic E-state index is 0.847. The van der Waals surface area contributed by atoms with Crippen LogP contribution in [0.4, 0.5) is 0 Å². The number of hydrogen-bond acceptors (Lipinski definition) is 2. The van der Waals surface area contributed by atoms with Crippen molar-refractivity contribution in [2.45, 2.75) is 0 Å². The quantitative estimate of drug-likeness (QED) is 0.194. The second kappa shape index (κ2) is 8.31. The van der Waals surface area contributed by atoms with E-state index in [4.69, 9.17) is 9.97 Å². The van der Waals surface area contributed by atoms with Crippen molar-refractivity contribution in [3.8, 4) is 28.2 Å². The summed E-state index contributed by atoms with van der Waals surface area (Å²) in [6, 6.07) is 50.3. The van der Waals surface area contributed by atoms with Crippen molar-refractivity contribution in [2.75, 3.05) is 0 Å². The Morgan fingerprint density at radius 1 is 0.400 bits per heavy atom. The normalized spacial score (nSPS) is 12.4. The Labute approximate surface area is 257 Å². The molecule has 0 saturated heterocycles. The summed E-state index contributed by atoms with van der Waals surface area (Å²) in [6.45, 7) is 0. The molecule has 1 aliphatic rings. The maximum atomic E-state index is 5.47. The smallest absolute Gasteiger partial charge is 0.165 e. The number of benzene rings is 8. The molecule has 11 rings (SSSR count). The Morgan fingerprint density at radius 2 is 1.02 bits per heavy atom. The van der Waals surface area contributed by atoms with Crippen molar-refractivity contribution in [2.24, 2.45) is 0 Å². The van der Waals surface area contributed by atoms with Gasteiger partial charge in [0, 0.05) is 27.1 Å². The molecule has 0 aliphatic heterocycles. The van der Waals surface area contributed by atoms with Crippen LogP contribution in [0.25, 0.3) is 104 Å². The van der Waals surface area contributed by atoms with E-state index in [1.165, 1.54) is 54.2 Å². The lowest BCUT2D eigenvalue weighted by atomic mass is 9.93. The highest BCUT2D eigenvalue weighted by Gasteiger charge is 2.26. The van der Waals surface area contributed by atoms with Crippen LogP contribution in [0.1, 0.15) is 0 Å². The molecule has 2 aromatic heterocycles. The third-order valence-electron chi connectivity index (χ3n) is 9.85. The van der Waals surface area contributed by atoms with Crippen LogP contribution < -0.4 is 0 Å². The van der Waals surface area contributed by atoms with Crippen molar-refractivity contribution in [1.82, 2.24) is 14.5 Å². The zero-order valence-corrected chi connectivity index (χ0v) is 24.1. The molecule has 0 amide bonds. The Balaban J connectivity index is 1.39. The van der Waals surface area contributed by atoms with E-state index in [-0.39, 0.29) is 0 Å². The van der Waals surface area contributed by atoms with E-state index >= 15 is 0 Å². The van der Waals surface area contributed by atoms with Gasteiger partial charge in [-0.25, -0.2) is 9.97 Å². The first kappa shape index (κ1) is 23.4. The van der Waals surface area contributed by atoms with Crippen LogP contribution in [0.3, 0.4) is 0 Å². The first-order valence-corrected chi connectivity index (χ1v) is 15.4. The molecule has 8 aromatic carbocycles. The zero-order chi connectivity index (χ0) is 29.2. The minimum Gasteiger partial charge on any atom is -0.292 e. The van der Waals surface area contributed by atoms with Crippen LogP contribution in [-0.4, -0.2) is 14.5 Å². The highest BCUT2D eigenvalue weighted by atomic mass is 15.1. The lowest BCUT2D eigenvalue weighted by Crippen LogP contribution is -2.04. The summed E-state index contributed by atoms with van der Waals surface area (Å²) >= 11 is 0. The Kier molecular flexibility index (Phi) is 4.32. The Morgan fingerprint density at radius 3 is 1.87 bits per heavy atom. The minimum atomic E-state index is 0.847. The van der Waals surface area contributed by atoms with Gasteiger partial charge in [-0.05, 0) is 61.6 Å². The summed E-state index contributed by atoms with van der Waals surface area (Å²) in [7, 11) is 0. The van der Waals surface area contributed by atoms with Gasteiger partial charge < -0.3 is 0 Å². The molecule has 3 heteroatoms. The fraction of sp³-hybridized carbons (Fsp3) is 0. The van der Waals surface area contributed by atoms with E-state index in [1.807, 2.05) is 0 Å². The van der Waals surface area contributed by atoms with Crippen LogP contribution >= 0.6 is 0 Å². The fourth-order valence-electron chi connectivity index (χ4n) is 7.96. The number of fused-ring (bicyclic) bond motifs is 4. The monoisotopic (exact) mass is 569 g/mol. The predicted octanol–water partition coefficient (Wildman–Crippen LogP) is 11.0. The van der Waals surface area contributed by atoms with Crippen molar-refractivity contribution in [3.63, 3.8) is 0 Å². The summed E-state index contributed by atoms with van der Waals surface area (Å²) in [5, 5.41) is 12.6. The fourth-order valence-corrected chi connectivity index (χ4v) is 7.96. The van der Waals surface area contributed by atoms with Gasteiger partial charge >= 0.3 is 0 Å². The molecule has 3 nitrogen and oxygen atoms in total. The maximum absolute atomic E-state index is 5.47. The molecule has 0 N–H and O–H groups in total. The highest BCUT2D eigenvalue weighted by Crippen LogP contribution is 2.50. The molecule has 10 aromatic rings. The first-order chi connectivity index (χ1) is 22.3. The summed E-state index contributed by atoms with van der Waals surface area (Å²) in [4.78, 5) is 10.9. The van der Waals surface area contributed by atoms with Crippen molar-refractivity contribution < 1.29 is 0 Å². The van der Waals surface area contributed by atoms with E-state index in [9.17, 15) is 0 Å². The van der Waals surface area contributed by atoms with Crippen molar-refractivity contribution in [3.05, 3.63) is 140 Å². The molecule has 206 valence electrons. The van der Waals surface area contributed by atoms with Crippen molar-refractivity contribution >= 4 is 75.9 Å². The van der Waals surface area contributed by atoms with Gasteiger partial charge in [0.15, 0.2) is 5.82 Å². The molecule has 0 atom stereocenters. The Bertz CT molecular complexity index is 2910. The average Bonchev–Trinajstić information content (AvgIpc) is 3.38. The zero-order valence-electron chi connectivity index (χ0n) is 24.1. The maximum Gasteiger partial charge on any atom is 0.165 e. The van der Waals surface area contributed by atoms with E-state index in [1.54, 1.807) is 0 Å². The molecule has 45 heavy (non-hydrogen) atoms. The van der Waals surface area contributed by atoms with Crippen molar-refractivity contribution in [1.29, 1.82) is 0 Å². The van der Waals surface area contributed by atoms with E-state index < -0.39 is 0 Å². The molecule has 2 heterocycles. The number of nitrogens with zero attached hydrogens (tertiary/aromatic N) is 3. The molecule has 0 unspecified atom stereocenters. The second-order valence-electron chi connectivity index (χ2n) is 12.1. The van der Waals surface area contributed by atoms with E-state index in [2.05, 4.69) is 144 Å². The second-order valence-corrected chi connectivity index (χ2v) is 12.1. The highest BCUT2D eigenvalue weighted by molar-refractivity contribution is 6.38. The van der Waals surface area contributed by atoms with Crippen LogP contribution in [0, 0.1) is 0 Å². The Hall–Kier alpha value is -6.06. The summed E-state index contributed by atoms with van der Waals surface area (Å²) in [5.41, 5.74) is 8.57. The van der Waals surface area contributed by atoms with E-state index in [0.29, 0.717) is 0 Å². The molecular weight excluding hydrogens is 546 g/mol. The van der Waals surface area contributed by atoms with Gasteiger partial charge in [-0.2, -0.15) is 0 Å². The SMILES string of the molecule is c1ccc(-c2nc3c(ccc4ccccc43)nc2-n2c3cccc4c3c3c5c(ccc6ccc7cccc-4c7c65)ccc32)cc1. The molecule has 0 bridgehead atoms. The summed E-state index contributed by atoms with van der Waals surface area (Å²) in [6.07, 6.45) is 0. The van der Waals surface area contributed by atoms with Gasteiger partial charge in [-0.1, -0.05) is 121 Å². The van der Waals surface area contributed by atoms with Crippen LogP contribution in [0.5, 0.6) is 0 Å². The van der Waals surface area contributed by atoms with Crippen LogP contribution in [0.15, 0.2) is 140 Å². The lowest BCUT2D eigenvalue weighted by molar-refractivity contribution is 1.08. The van der Waals surface area contributed by atoms with Gasteiger partial charge in [0.05, 0.1) is 22.1 Å². The number of aromatic nitrogens is 3. The van der Waals surface area contributed by atoms with E-state index in [0.717, 1.165) is 49.9 Å². The number of rotatable bonds is 2. The number of hydrogen-bond donors (Lipinski definition) is 0. The summed E-state index contributed by atoms with van der Waals surface area (Å²) in [5.74, 6) is 0.847. The third-order valence-corrected chi connectivity index (χ3v) is 9.85. The molecular formula is C42H23N3. The third kappa shape index (κ3) is 2.95. The lowest BCUT2D eigenvalue weighted by Gasteiger charge is -2.16. The molecule has 0 saturated carbocycles.